The van der Waals surface area contributed by atoms with Crippen molar-refractivity contribution in [2.75, 3.05) is 0 Å². The first kappa shape index (κ1) is 22.8. The highest BCUT2D eigenvalue weighted by atomic mass is 35.5. The second kappa shape index (κ2) is 9.52. The van der Waals surface area contributed by atoms with E-state index in [2.05, 4.69) is 4.98 Å². The molecule has 0 aliphatic heterocycles. The van der Waals surface area contributed by atoms with Gasteiger partial charge in [-0.1, -0.05) is 67.4 Å². The van der Waals surface area contributed by atoms with Crippen molar-refractivity contribution in [1.29, 1.82) is 0 Å². The van der Waals surface area contributed by atoms with E-state index in [-0.39, 0.29) is 32.5 Å². The van der Waals surface area contributed by atoms with Gasteiger partial charge in [-0.05, 0) is 42.5 Å². The Kier molecular flexibility index (Phi) is 7.24. The third-order valence-corrected chi connectivity index (χ3v) is 7.04. The fourth-order valence-electron chi connectivity index (χ4n) is 3.39. The van der Waals surface area contributed by atoms with Crippen molar-refractivity contribution in [3.8, 4) is 0 Å². The lowest BCUT2D eigenvalue weighted by Gasteiger charge is -2.14. The molecule has 2 aromatic carbocycles. The summed E-state index contributed by atoms with van der Waals surface area (Å²) in [6.07, 6.45) is 1.48. The smallest absolute Gasteiger partial charge is 0.224 e. The monoisotopic (exact) mass is 466 g/mol. The van der Waals surface area contributed by atoms with Crippen LogP contribution < -0.4 is 0 Å². The van der Waals surface area contributed by atoms with E-state index in [0.29, 0.717) is 24.5 Å². The number of hydrogen-bond donors (Lipinski definition) is 1. The molecule has 160 valence electrons. The topological polar surface area (TPSA) is 72.2 Å². The Morgan fingerprint density at radius 3 is 2.27 bits per heavy atom. The Morgan fingerprint density at radius 2 is 1.70 bits per heavy atom. The lowest BCUT2D eigenvalue weighted by molar-refractivity contribution is 0.263. The molecule has 0 atom stereocenters. The lowest BCUT2D eigenvalue weighted by Crippen LogP contribution is -2.15. The average molecular weight is 467 g/mol. The molecule has 0 unspecified atom stereocenters. The SMILES string of the molecule is CC(C)c1nc(CO)n(CCCc2ccccc2)c1S(=O)(=O)c1cc(Cl)cc(Cl)c1. The van der Waals surface area contributed by atoms with Crippen LogP contribution in [0.25, 0.3) is 0 Å². The van der Waals surface area contributed by atoms with Gasteiger partial charge in [0.05, 0.1) is 10.6 Å². The lowest BCUT2D eigenvalue weighted by atomic mass is 10.1. The van der Waals surface area contributed by atoms with E-state index in [9.17, 15) is 13.5 Å². The number of aromatic nitrogens is 2. The number of halogens is 2. The second-order valence-corrected chi connectivity index (χ2v) is 10.1. The highest BCUT2D eigenvalue weighted by molar-refractivity contribution is 7.91. The summed E-state index contributed by atoms with van der Waals surface area (Å²) in [4.78, 5) is 4.47. The molecule has 0 saturated carbocycles. The molecule has 0 amide bonds. The van der Waals surface area contributed by atoms with Crippen LogP contribution in [0.5, 0.6) is 0 Å². The van der Waals surface area contributed by atoms with E-state index in [1.165, 1.54) is 23.8 Å². The van der Waals surface area contributed by atoms with Crippen LogP contribution in [0.4, 0.5) is 0 Å². The maximum Gasteiger partial charge on any atom is 0.224 e. The number of aryl methyl sites for hydroxylation is 1. The number of benzene rings is 2. The van der Waals surface area contributed by atoms with Crippen LogP contribution in [-0.4, -0.2) is 23.1 Å². The van der Waals surface area contributed by atoms with Crippen molar-refractivity contribution in [2.24, 2.45) is 0 Å². The van der Waals surface area contributed by atoms with Gasteiger partial charge in [-0.15, -0.1) is 0 Å². The van der Waals surface area contributed by atoms with Crippen molar-refractivity contribution in [1.82, 2.24) is 9.55 Å². The van der Waals surface area contributed by atoms with Gasteiger partial charge in [0.1, 0.15) is 12.4 Å². The van der Waals surface area contributed by atoms with Crippen molar-refractivity contribution in [3.05, 3.63) is 75.7 Å². The quantitative estimate of drug-likeness (QED) is 0.490. The Bertz CT molecular complexity index is 1110. The predicted molar refractivity (Wildman–Crippen MR) is 119 cm³/mol. The molecule has 5 nitrogen and oxygen atoms in total. The van der Waals surface area contributed by atoms with E-state index in [0.717, 1.165) is 6.42 Å². The Hall–Kier alpha value is -1.86. The van der Waals surface area contributed by atoms with E-state index in [1.807, 2.05) is 44.2 Å². The van der Waals surface area contributed by atoms with E-state index in [1.54, 1.807) is 4.57 Å². The molecule has 0 saturated heterocycles. The normalized spacial score (nSPS) is 11.9. The van der Waals surface area contributed by atoms with Crippen molar-refractivity contribution >= 4 is 33.0 Å². The summed E-state index contributed by atoms with van der Waals surface area (Å²) >= 11 is 12.1. The molecule has 0 aliphatic rings. The predicted octanol–water partition coefficient (Wildman–Crippen LogP) is 5.27. The van der Waals surface area contributed by atoms with Crippen molar-refractivity contribution in [2.45, 2.75) is 55.7 Å². The molecule has 3 rings (SSSR count). The fourth-order valence-corrected chi connectivity index (χ4v) is 5.88. The molecule has 1 aromatic heterocycles. The summed E-state index contributed by atoms with van der Waals surface area (Å²) in [6, 6.07) is 14.2. The summed E-state index contributed by atoms with van der Waals surface area (Å²) in [5, 5.41) is 10.4. The number of aliphatic hydroxyl groups excluding tert-OH is 1. The van der Waals surface area contributed by atoms with Crippen LogP contribution in [0.1, 0.15) is 43.3 Å². The fraction of sp³-hybridized carbons (Fsp3) is 0.318. The summed E-state index contributed by atoms with van der Waals surface area (Å²) < 4.78 is 28.8. The van der Waals surface area contributed by atoms with E-state index < -0.39 is 9.84 Å². The minimum Gasteiger partial charge on any atom is -0.388 e. The van der Waals surface area contributed by atoms with Gasteiger partial charge in [0.15, 0.2) is 5.03 Å². The molecule has 0 spiro atoms. The number of nitrogens with zero attached hydrogens (tertiary/aromatic N) is 2. The molecule has 0 aliphatic carbocycles. The summed E-state index contributed by atoms with van der Waals surface area (Å²) in [6.45, 7) is 3.81. The van der Waals surface area contributed by atoms with Gasteiger partial charge >= 0.3 is 0 Å². The van der Waals surface area contributed by atoms with Gasteiger partial charge in [-0.2, -0.15) is 0 Å². The molecular weight excluding hydrogens is 443 g/mol. The highest BCUT2D eigenvalue weighted by Crippen LogP contribution is 2.33. The average Bonchev–Trinajstić information content (AvgIpc) is 3.08. The number of hydrogen-bond acceptors (Lipinski definition) is 4. The van der Waals surface area contributed by atoms with Crippen LogP contribution in [0.3, 0.4) is 0 Å². The molecule has 0 radical (unpaired) electrons. The summed E-state index contributed by atoms with van der Waals surface area (Å²) in [7, 11) is -3.95. The molecule has 1 N–H and O–H groups in total. The molecule has 1 heterocycles. The maximum atomic E-state index is 13.6. The Balaban J connectivity index is 2.06. The molecule has 8 heteroatoms. The highest BCUT2D eigenvalue weighted by Gasteiger charge is 2.31. The summed E-state index contributed by atoms with van der Waals surface area (Å²) in [5.41, 5.74) is 1.59. The Labute approximate surface area is 187 Å². The number of sulfone groups is 1. The van der Waals surface area contributed by atoms with Crippen LogP contribution in [-0.2, 0) is 29.4 Å². The maximum absolute atomic E-state index is 13.6. The zero-order chi connectivity index (χ0) is 21.9. The molecule has 30 heavy (non-hydrogen) atoms. The third-order valence-electron chi connectivity index (χ3n) is 4.80. The zero-order valence-corrected chi connectivity index (χ0v) is 19.2. The first-order valence-electron chi connectivity index (χ1n) is 9.69. The van der Waals surface area contributed by atoms with Gasteiger partial charge in [-0.3, -0.25) is 0 Å². The van der Waals surface area contributed by atoms with Gasteiger partial charge in [-0.25, -0.2) is 13.4 Å². The minimum absolute atomic E-state index is 0.00981. The first-order valence-corrected chi connectivity index (χ1v) is 11.9. The van der Waals surface area contributed by atoms with Gasteiger partial charge in [0.25, 0.3) is 0 Å². The second-order valence-electron chi connectivity index (χ2n) is 7.38. The molecule has 0 fully saturated rings. The largest absolute Gasteiger partial charge is 0.388 e. The van der Waals surface area contributed by atoms with Crippen molar-refractivity contribution < 1.29 is 13.5 Å². The van der Waals surface area contributed by atoms with E-state index >= 15 is 0 Å². The molecule has 0 bridgehead atoms. The van der Waals surface area contributed by atoms with Crippen molar-refractivity contribution in [3.63, 3.8) is 0 Å². The minimum atomic E-state index is -3.95. The van der Waals surface area contributed by atoms with Crippen LogP contribution in [0, 0.1) is 0 Å². The molecular formula is C22H24Cl2N2O3S. The Morgan fingerprint density at radius 1 is 1.07 bits per heavy atom. The van der Waals surface area contributed by atoms with Gasteiger partial charge in [0.2, 0.25) is 9.84 Å². The van der Waals surface area contributed by atoms with Crippen LogP contribution in [0.15, 0.2) is 58.5 Å². The summed E-state index contributed by atoms with van der Waals surface area (Å²) in [5.74, 6) is 0.184. The molecule has 3 aromatic rings. The van der Waals surface area contributed by atoms with Gasteiger partial charge in [0, 0.05) is 16.6 Å². The van der Waals surface area contributed by atoms with Crippen LogP contribution in [0.2, 0.25) is 10.0 Å². The first-order chi connectivity index (χ1) is 14.2. The van der Waals surface area contributed by atoms with E-state index in [4.69, 9.17) is 23.2 Å². The standard InChI is InChI=1S/C22H24Cl2N2O3S/c1-15(2)21-22(30(28,29)19-12-17(23)11-18(24)13-19)26(20(14-27)25-21)10-6-9-16-7-4-3-5-8-16/h3-5,7-8,11-13,15,27H,6,9-10,14H2,1-2H3. The zero-order valence-electron chi connectivity index (χ0n) is 16.8. The van der Waals surface area contributed by atoms with Crippen LogP contribution >= 0.6 is 23.2 Å². The third kappa shape index (κ3) is 4.89. The number of rotatable bonds is 8. The number of imidazole rings is 1. The van der Waals surface area contributed by atoms with Gasteiger partial charge < -0.3 is 9.67 Å². The number of aliphatic hydroxyl groups is 1.